The summed E-state index contributed by atoms with van der Waals surface area (Å²) >= 11 is 0. The number of para-hydroxylation sites is 3. The fourth-order valence-electron chi connectivity index (χ4n) is 4.38. The molecule has 4 heterocycles. The van der Waals surface area contributed by atoms with Crippen molar-refractivity contribution in [2.24, 2.45) is 0 Å². The van der Waals surface area contributed by atoms with E-state index in [4.69, 9.17) is 0 Å². The Labute approximate surface area is 187 Å². The first-order chi connectivity index (χ1) is 16.1. The third-order valence-corrected chi connectivity index (χ3v) is 5.92. The predicted octanol–water partition coefficient (Wildman–Crippen LogP) is 4.07. The minimum atomic E-state index is -0.873. The second kappa shape index (κ2) is 7.16. The third kappa shape index (κ3) is 2.85. The number of benzene rings is 2. The van der Waals surface area contributed by atoms with Gasteiger partial charge >= 0.3 is 5.91 Å². The van der Waals surface area contributed by atoms with Crippen LogP contribution in [0.5, 0.6) is 0 Å². The van der Waals surface area contributed by atoms with Gasteiger partial charge in [-0.05, 0) is 35.9 Å². The smallest absolute Gasteiger partial charge is 0.302 e. The monoisotopic (exact) mass is 435 g/mol. The molecule has 5 aromatic rings. The summed E-state index contributed by atoms with van der Waals surface area (Å²) in [6.45, 7) is 0. The number of aliphatic hydroxyl groups excluding tert-OH is 1. The first-order valence-corrected chi connectivity index (χ1v) is 10.4. The Morgan fingerprint density at radius 3 is 2.45 bits per heavy atom. The maximum Gasteiger partial charge on any atom is 0.302 e. The summed E-state index contributed by atoms with van der Waals surface area (Å²) in [6, 6.07) is 17.4. The van der Waals surface area contributed by atoms with E-state index in [1.165, 1.54) is 4.90 Å². The van der Waals surface area contributed by atoms with Gasteiger partial charge in [0.2, 0.25) is 5.95 Å². The molecule has 33 heavy (non-hydrogen) atoms. The first kappa shape index (κ1) is 19.0. The van der Waals surface area contributed by atoms with Crippen LogP contribution < -0.4 is 4.90 Å². The van der Waals surface area contributed by atoms with Crippen LogP contribution >= 0.6 is 0 Å². The van der Waals surface area contributed by atoms with E-state index >= 15 is 0 Å². The van der Waals surface area contributed by atoms with Gasteiger partial charge in [-0.1, -0.05) is 30.3 Å². The van der Waals surface area contributed by atoms with Crippen molar-refractivity contribution in [1.29, 1.82) is 0 Å². The second-order valence-electron chi connectivity index (χ2n) is 7.78. The van der Waals surface area contributed by atoms with E-state index < -0.39 is 17.7 Å². The zero-order chi connectivity index (χ0) is 22.5. The van der Waals surface area contributed by atoms with Crippen LogP contribution in [0.2, 0.25) is 0 Å². The molecule has 8 nitrogen and oxygen atoms in total. The van der Waals surface area contributed by atoms with Gasteiger partial charge in [-0.15, -0.1) is 0 Å². The third-order valence-electron chi connectivity index (χ3n) is 5.92. The minimum absolute atomic E-state index is 0.00332. The molecule has 160 valence electrons. The van der Waals surface area contributed by atoms with Gasteiger partial charge in [0.1, 0.15) is 5.76 Å². The Kier molecular flexibility index (Phi) is 4.13. The molecule has 1 fully saturated rings. The molecular weight excluding hydrogens is 418 g/mol. The van der Waals surface area contributed by atoms with Gasteiger partial charge < -0.3 is 15.1 Å². The number of aliphatic hydroxyl groups is 1. The number of imidazole rings is 1. The topological polar surface area (TPSA) is 115 Å². The van der Waals surface area contributed by atoms with E-state index in [2.05, 4.69) is 19.9 Å². The molecule has 0 saturated carbocycles. The molecule has 3 N–H and O–H groups in total. The fraction of sp³-hybridized carbons (Fsp3) is 0.0400. The van der Waals surface area contributed by atoms with Crippen LogP contribution in [0.25, 0.3) is 27.7 Å². The van der Waals surface area contributed by atoms with Gasteiger partial charge in [-0.25, -0.2) is 4.98 Å². The lowest BCUT2D eigenvalue weighted by Gasteiger charge is -2.22. The number of amides is 1. The van der Waals surface area contributed by atoms with E-state index in [1.54, 1.807) is 30.7 Å². The number of H-pyrrole nitrogens is 2. The van der Waals surface area contributed by atoms with Crippen molar-refractivity contribution >= 4 is 45.3 Å². The molecule has 1 aliphatic rings. The average molecular weight is 435 g/mol. The lowest BCUT2D eigenvalue weighted by atomic mass is 9.96. The number of ketones is 1. The van der Waals surface area contributed by atoms with Crippen molar-refractivity contribution in [3.8, 4) is 0 Å². The average Bonchev–Trinajstić information content (AvgIpc) is 3.53. The molecule has 2 aromatic carbocycles. The lowest BCUT2D eigenvalue weighted by molar-refractivity contribution is -0.132. The summed E-state index contributed by atoms with van der Waals surface area (Å²) in [5, 5.41) is 12.1. The molecule has 1 aliphatic heterocycles. The number of carbonyl (C=O) groups is 2. The van der Waals surface area contributed by atoms with Crippen molar-refractivity contribution in [1.82, 2.24) is 19.9 Å². The highest BCUT2D eigenvalue weighted by molar-refractivity contribution is 6.51. The minimum Gasteiger partial charge on any atom is -0.507 e. The summed E-state index contributed by atoms with van der Waals surface area (Å²) in [4.78, 5) is 42.7. The Morgan fingerprint density at radius 1 is 0.939 bits per heavy atom. The van der Waals surface area contributed by atoms with Crippen LogP contribution in [0.1, 0.15) is 17.2 Å². The number of hydrogen-bond donors (Lipinski definition) is 3. The van der Waals surface area contributed by atoms with Gasteiger partial charge in [0.05, 0.1) is 22.6 Å². The van der Waals surface area contributed by atoms with Crippen LogP contribution in [0.4, 0.5) is 5.95 Å². The highest BCUT2D eigenvalue weighted by Gasteiger charge is 2.48. The quantitative estimate of drug-likeness (QED) is 0.225. The first-order valence-electron chi connectivity index (χ1n) is 10.4. The molecule has 1 amide bonds. The number of aromatic nitrogens is 4. The highest BCUT2D eigenvalue weighted by atomic mass is 16.3. The standard InChI is InChI=1S/C25H17N5O3/c31-22(16-13-27-17-6-2-1-5-15(16)17)20-21(14-9-11-26-12-10-14)30(24(33)23(20)32)25-28-18-7-3-4-8-19(18)29-25/h1-13,21,27,31H,(H,28,29)/b22-20+. The molecule has 0 spiro atoms. The van der Waals surface area contributed by atoms with E-state index in [1.807, 2.05) is 48.5 Å². The maximum atomic E-state index is 13.3. The summed E-state index contributed by atoms with van der Waals surface area (Å²) in [7, 11) is 0. The summed E-state index contributed by atoms with van der Waals surface area (Å²) in [5.74, 6) is -1.55. The number of carbonyl (C=O) groups excluding carboxylic acids is 2. The van der Waals surface area contributed by atoms with Crippen molar-refractivity contribution in [3.05, 3.63) is 96.0 Å². The Hall–Kier alpha value is -4.72. The molecule has 1 unspecified atom stereocenters. The van der Waals surface area contributed by atoms with Gasteiger partial charge in [-0.2, -0.15) is 0 Å². The maximum absolute atomic E-state index is 13.3. The van der Waals surface area contributed by atoms with E-state index in [0.717, 1.165) is 16.4 Å². The van der Waals surface area contributed by atoms with Crippen molar-refractivity contribution < 1.29 is 14.7 Å². The van der Waals surface area contributed by atoms with Crippen LogP contribution in [0.15, 0.2) is 84.8 Å². The van der Waals surface area contributed by atoms with Crippen molar-refractivity contribution in [3.63, 3.8) is 0 Å². The zero-order valence-electron chi connectivity index (χ0n) is 17.2. The number of Topliss-reactive ketones (excluding diaryl/α,β-unsaturated/α-hetero) is 1. The molecule has 1 saturated heterocycles. The van der Waals surface area contributed by atoms with Crippen LogP contribution in [0.3, 0.4) is 0 Å². The Balaban J connectivity index is 1.59. The van der Waals surface area contributed by atoms with Crippen LogP contribution in [0, 0.1) is 0 Å². The number of hydrogen-bond acceptors (Lipinski definition) is 5. The van der Waals surface area contributed by atoms with E-state index in [-0.39, 0.29) is 17.3 Å². The fourth-order valence-corrected chi connectivity index (χ4v) is 4.38. The number of fused-ring (bicyclic) bond motifs is 2. The highest BCUT2D eigenvalue weighted by Crippen LogP contribution is 2.42. The van der Waals surface area contributed by atoms with Gasteiger partial charge in [0.25, 0.3) is 5.78 Å². The predicted molar refractivity (Wildman–Crippen MR) is 123 cm³/mol. The number of anilines is 1. The largest absolute Gasteiger partial charge is 0.507 e. The molecule has 0 aliphatic carbocycles. The van der Waals surface area contributed by atoms with E-state index in [0.29, 0.717) is 16.6 Å². The molecule has 0 radical (unpaired) electrons. The number of rotatable bonds is 3. The van der Waals surface area contributed by atoms with Crippen molar-refractivity contribution in [2.45, 2.75) is 6.04 Å². The number of nitrogens with zero attached hydrogens (tertiary/aromatic N) is 3. The van der Waals surface area contributed by atoms with Gasteiger partial charge in [0.15, 0.2) is 0 Å². The summed E-state index contributed by atoms with van der Waals surface area (Å²) in [6.07, 6.45) is 4.80. The Morgan fingerprint density at radius 2 is 1.67 bits per heavy atom. The zero-order valence-corrected chi connectivity index (χ0v) is 17.2. The van der Waals surface area contributed by atoms with Gasteiger partial charge in [0, 0.05) is 35.1 Å². The summed E-state index contributed by atoms with van der Waals surface area (Å²) in [5.41, 5.74) is 3.29. The Bertz CT molecular complexity index is 1550. The van der Waals surface area contributed by atoms with Crippen LogP contribution in [-0.4, -0.2) is 36.7 Å². The van der Waals surface area contributed by atoms with Crippen molar-refractivity contribution in [2.75, 3.05) is 4.90 Å². The molecule has 6 rings (SSSR count). The number of aromatic amines is 2. The van der Waals surface area contributed by atoms with E-state index in [9.17, 15) is 14.7 Å². The number of nitrogens with one attached hydrogen (secondary N) is 2. The molecule has 0 bridgehead atoms. The number of pyridine rings is 1. The second-order valence-corrected chi connectivity index (χ2v) is 7.78. The molecule has 8 heteroatoms. The molecule has 1 atom stereocenters. The normalized spacial score (nSPS) is 17.9. The van der Waals surface area contributed by atoms with Gasteiger partial charge in [-0.3, -0.25) is 19.5 Å². The van der Waals surface area contributed by atoms with Crippen LogP contribution in [-0.2, 0) is 9.59 Å². The summed E-state index contributed by atoms with van der Waals surface area (Å²) < 4.78 is 0. The molecular formula is C25H17N5O3. The lowest BCUT2D eigenvalue weighted by Crippen LogP contribution is -2.30. The molecule has 3 aromatic heterocycles. The SMILES string of the molecule is O=C1C(=O)N(c2nc3ccccc3[nH]2)C(c2ccncc2)/C1=C(\O)c1c[nH]c2ccccc12.